The summed E-state index contributed by atoms with van der Waals surface area (Å²) in [5.41, 5.74) is 20.5. The highest BCUT2D eigenvalue weighted by Crippen LogP contribution is 2.43. The molecule has 0 radical (unpaired) electrons. The van der Waals surface area contributed by atoms with Gasteiger partial charge in [-0.3, -0.25) is 0 Å². The summed E-state index contributed by atoms with van der Waals surface area (Å²) in [6, 6.07) is 71.3. The number of aryl methyl sites for hydroxylation is 2. The molecule has 8 aromatic carbocycles. The van der Waals surface area contributed by atoms with Crippen LogP contribution in [0.4, 0.5) is 11.4 Å². The topological polar surface area (TPSA) is 8.17 Å². The number of fused-ring (bicyclic) bond motifs is 5. The summed E-state index contributed by atoms with van der Waals surface area (Å²) >= 11 is 0. The van der Waals surface area contributed by atoms with Crippen LogP contribution in [0.15, 0.2) is 212 Å². The van der Waals surface area contributed by atoms with Gasteiger partial charge in [0.05, 0.1) is 16.7 Å². The number of allylic oxidation sites excluding steroid dienone is 4. The number of hydrogen-bond donors (Lipinski definition) is 0. The third-order valence-corrected chi connectivity index (χ3v) is 12.8. The van der Waals surface area contributed by atoms with E-state index in [-0.39, 0.29) is 0 Å². The first kappa shape index (κ1) is 36.0. The molecular weight excluding hydrogens is 725 g/mol. The van der Waals surface area contributed by atoms with Gasteiger partial charge in [0.1, 0.15) is 0 Å². The molecule has 2 heteroatoms. The summed E-state index contributed by atoms with van der Waals surface area (Å²) < 4.78 is 2.47. The summed E-state index contributed by atoms with van der Waals surface area (Å²) in [6.45, 7) is 0. The van der Waals surface area contributed by atoms with Crippen LogP contribution in [0.2, 0.25) is 0 Å². The van der Waals surface area contributed by atoms with Gasteiger partial charge in [0.25, 0.3) is 0 Å². The second kappa shape index (κ2) is 15.5. The minimum absolute atomic E-state index is 0.946. The van der Waals surface area contributed by atoms with Crippen LogP contribution in [0.5, 0.6) is 0 Å². The average Bonchev–Trinajstić information content (AvgIpc) is 3.68. The monoisotopic (exact) mass is 770 g/mol. The molecular formula is C58H46N2. The minimum Gasteiger partial charge on any atom is -0.314 e. The van der Waals surface area contributed by atoms with E-state index in [0.717, 1.165) is 18.5 Å². The molecule has 0 bridgehead atoms. The predicted octanol–water partition coefficient (Wildman–Crippen LogP) is 15.6. The van der Waals surface area contributed by atoms with Crippen molar-refractivity contribution in [2.24, 2.45) is 0 Å². The van der Waals surface area contributed by atoms with Gasteiger partial charge in [-0.25, -0.2) is 0 Å². The zero-order valence-corrected chi connectivity index (χ0v) is 33.8. The maximum atomic E-state index is 2.47. The minimum atomic E-state index is 0.946. The summed E-state index contributed by atoms with van der Waals surface area (Å²) in [6.07, 6.45) is 11.5. The van der Waals surface area contributed by atoms with Crippen molar-refractivity contribution in [3.8, 4) is 39.1 Å². The van der Waals surface area contributed by atoms with Gasteiger partial charge in [-0.1, -0.05) is 158 Å². The third kappa shape index (κ3) is 6.46. The third-order valence-electron chi connectivity index (χ3n) is 12.8. The van der Waals surface area contributed by atoms with Crippen LogP contribution in [0.25, 0.3) is 66.4 Å². The van der Waals surface area contributed by atoms with Crippen LogP contribution in [-0.2, 0) is 12.8 Å². The Balaban J connectivity index is 0.957. The fourth-order valence-corrected chi connectivity index (χ4v) is 9.85. The largest absolute Gasteiger partial charge is 0.314 e. The zero-order valence-electron chi connectivity index (χ0n) is 33.8. The molecule has 0 saturated heterocycles. The van der Waals surface area contributed by atoms with Gasteiger partial charge in [0, 0.05) is 33.4 Å². The van der Waals surface area contributed by atoms with Crippen LogP contribution in [-0.4, -0.2) is 4.57 Å². The van der Waals surface area contributed by atoms with Gasteiger partial charge in [0.2, 0.25) is 0 Å². The Labute approximate surface area is 353 Å². The van der Waals surface area contributed by atoms with Gasteiger partial charge < -0.3 is 9.47 Å². The Kier molecular flexibility index (Phi) is 9.32. The molecule has 0 aliphatic heterocycles. The average molecular weight is 771 g/mol. The van der Waals surface area contributed by atoms with Crippen molar-refractivity contribution in [3.63, 3.8) is 0 Å². The second-order valence-corrected chi connectivity index (χ2v) is 16.2. The molecule has 11 rings (SSSR count). The van der Waals surface area contributed by atoms with Crippen LogP contribution in [0.3, 0.4) is 0 Å². The molecule has 2 aliphatic rings. The van der Waals surface area contributed by atoms with E-state index in [1.807, 2.05) is 0 Å². The summed E-state index contributed by atoms with van der Waals surface area (Å²) in [5, 5.41) is 2.80. The molecule has 0 spiro atoms. The molecule has 60 heavy (non-hydrogen) atoms. The molecule has 0 atom stereocenters. The Bertz CT molecular complexity index is 3060. The van der Waals surface area contributed by atoms with E-state index < -0.39 is 0 Å². The highest BCUT2D eigenvalue weighted by atomic mass is 15.2. The normalized spacial score (nSPS) is 13.8. The van der Waals surface area contributed by atoms with Gasteiger partial charge in [-0.2, -0.15) is 0 Å². The number of anilines is 2. The van der Waals surface area contributed by atoms with Gasteiger partial charge in [0.15, 0.2) is 0 Å². The number of para-hydroxylation sites is 2. The summed E-state index contributed by atoms with van der Waals surface area (Å²) in [7, 11) is 0. The molecule has 2 aliphatic carbocycles. The lowest BCUT2D eigenvalue weighted by molar-refractivity contribution is 0.690. The predicted molar refractivity (Wildman–Crippen MR) is 254 cm³/mol. The molecule has 2 nitrogen and oxygen atoms in total. The van der Waals surface area contributed by atoms with Crippen molar-refractivity contribution in [1.29, 1.82) is 0 Å². The highest BCUT2D eigenvalue weighted by molar-refractivity contribution is 6.11. The zero-order chi connectivity index (χ0) is 39.8. The van der Waals surface area contributed by atoms with E-state index in [0.29, 0.717) is 0 Å². The molecule has 0 amide bonds. The molecule has 1 heterocycles. The van der Waals surface area contributed by atoms with E-state index in [4.69, 9.17) is 0 Å². The summed E-state index contributed by atoms with van der Waals surface area (Å²) in [4.78, 5) is 2.47. The number of hydrogen-bond acceptors (Lipinski definition) is 1. The van der Waals surface area contributed by atoms with Crippen molar-refractivity contribution in [1.82, 2.24) is 4.57 Å². The van der Waals surface area contributed by atoms with Crippen molar-refractivity contribution in [2.75, 3.05) is 4.90 Å². The van der Waals surface area contributed by atoms with Crippen LogP contribution < -0.4 is 4.90 Å². The van der Waals surface area contributed by atoms with Crippen LogP contribution >= 0.6 is 0 Å². The van der Waals surface area contributed by atoms with Gasteiger partial charge >= 0.3 is 0 Å². The lowest BCUT2D eigenvalue weighted by Crippen LogP contribution is -2.18. The Morgan fingerprint density at radius 3 is 1.72 bits per heavy atom. The first-order valence-corrected chi connectivity index (χ1v) is 21.5. The number of nitrogens with zero attached hydrogens (tertiary/aromatic N) is 2. The fourth-order valence-electron chi connectivity index (χ4n) is 9.85. The van der Waals surface area contributed by atoms with Crippen molar-refractivity contribution < 1.29 is 0 Å². The van der Waals surface area contributed by atoms with E-state index in [2.05, 4.69) is 216 Å². The smallest absolute Gasteiger partial charge is 0.0544 e. The van der Waals surface area contributed by atoms with Crippen molar-refractivity contribution in [2.45, 2.75) is 38.5 Å². The Morgan fingerprint density at radius 2 is 1.00 bits per heavy atom. The van der Waals surface area contributed by atoms with Crippen LogP contribution in [0.1, 0.15) is 42.4 Å². The Morgan fingerprint density at radius 1 is 0.400 bits per heavy atom. The lowest BCUT2D eigenvalue weighted by atomic mass is 9.88. The van der Waals surface area contributed by atoms with Crippen molar-refractivity contribution >= 4 is 38.8 Å². The number of rotatable bonds is 8. The summed E-state index contributed by atoms with van der Waals surface area (Å²) in [5.74, 6) is 0. The highest BCUT2D eigenvalue weighted by Gasteiger charge is 2.22. The first-order valence-electron chi connectivity index (χ1n) is 21.5. The number of aromatic nitrogens is 1. The molecule has 288 valence electrons. The standard InChI is InChI=1S/C58H46N2/c1-3-15-41(16-4-1)42-27-34-47(35-28-42)59(55-25-13-11-22-52(55)43-17-5-2-6-18-43)48-36-29-45(30-37-48)50-20-9-10-21-51(50)46-31-38-49(39-32-46)60-56-26-14-12-24-54(56)58-53-23-8-7-19-44(53)33-40-57(58)60/h1-6,9-18,20-22,24-27,29-34,36-40H,7-8,19,23,28,35H2. The Hall–Kier alpha value is -7.16. The SMILES string of the molecule is C1=C(c2ccccc2)CCC(N(c2ccc(-c3ccccc3-c3ccc(-n4c5ccccc5c5c6c(ccc54)CCCC6)cc3)cc2)c2ccccc2-c2ccccc2)=C1. The van der Waals surface area contributed by atoms with E-state index >= 15 is 0 Å². The van der Waals surface area contributed by atoms with Gasteiger partial charge in [-0.05, 0) is 137 Å². The molecule has 0 unspecified atom stereocenters. The molecule has 0 N–H and O–H groups in total. The second-order valence-electron chi connectivity index (χ2n) is 16.2. The van der Waals surface area contributed by atoms with Crippen molar-refractivity contribution in [3.05, 3.63) is 229 Å². The molecule has 1 aromatic heterocycles. The van der Waals surface area contributed by atoms with E-state index in [1.165, 1.54) is 115 Å². The lowest BCUT2D eigenvalue weighted by Gasteiger charge is -2.32. The molecule has 9 aromatic rings. The van der Waals surface area contributed by atoms with E-state index in [1.54, 1.807) is 5.56 Å². The maximum Gasteiger partial charge on any atom is 0.0544 e. The number of benzene rings is 8. The van der Waals surface area contributed by atoms with Crippen LogP contribution in [0, 0.1) is 0 Å². The quantitative estimate of drug-likeness (QED) is 0.149. The maximum absolute atomic E-state index is 2.47. The first-order chi connectivity index (χ1) is 29.8. The molecule has 0 saturated carbocycles. The fraction of sp³-hybridized carbons (Fsp3) is 0.103. The van der Waals surface area contributed by atoms with Gasteiger partial charge in [-0.15, -0.1) is 0 Å². The molecule has 0 fully saturated rings. The van der Waals surface area contributed by atoms with E-state index in [9.17, 15) is 0 Å².